The van der Waals surface area contributed by atoms with Crippen molar-refractivity contribution in [3.8, 4) is 0 Å². The second-order valence-electron chi connectivity index (χ2n) is 4.99. The van der Waals surface area contributed by atoms with E-state index in [1.54, 1.807) is 0 Å². The molecule has 0 saturated carbocycles. The van der Waals surface area contributed by atoms with Crippen LogP contribution in [0.25, 0.3) is 5.57 Å². The zero-order valence-corrected chi connectivity index (χ0v) is 11.9. The lowest BCUT2D eigenvalue weighted by Gasteiger charge is -2.04. The van der Waals surface area contributed by atoms with Gasteiger partial charge in [-0.3, -0.25) is 4.79 Å². The Morgan fingerprint density at radius 2 is 2.00 bits per heavy atom. The van der Waals surface area contributed by atoms with Gasteiger partial charge in [-0.2, -0.15) is 0 Å². The minimum Gasteiger partial charge on any atom is -0.281 e. The van der Waals surface area contributed by atoms with Crippen LogP contribution in [0, 0.1) is 0 Å². The van der Waals surface area contributed by atoms with Crippen LogP contribution < -0.4 is 0 Å². The van der Waals surface area contributed by atoms with Crippen LogP contribution in [0.5, 0.6) is 0 Å². The van der Waals surface area contributed by atoms with Gasteiger partial charge in [0.1, 0.15) is 5.04 Å². The predicted octanol–water partition coefficient (Wildman–Crippen LogP) is 4.73. The molecule has 19 heavy (non-hydrogen) atoms. The molecular weight excluding hydrogens is 254 g/mol. The summed E-state index contributed by atoms with van der Waals surface area (Å²) in [4.78, 5) is 16.6. The number of rotatable bonds is 5. The molecule has 2 aliphatic rings. The molecule has 0 spiro atoms. The van der Waals surface area contributed by atoms with Crippen molar-refractivity contribution in [2.75, 3.05) is 0 Å². The van der Waals surface area contributed by atoms with Crippen molar-refractivity contribution in [2.45, 2.75) is 39.0 Å². The lowest BCUT2D eigenvalue weighted by atomic mass is 9.98. The third-order valence-corrected chi connectivity index (χ3v) is 4.55. The van der Waals surface area contributed by atoms with Crippen LogP contribution in [0.1, 0.15) is 44.6 Å². The van der Waals surface area contributed by atoms with Crippen LogP contribution in [0.3, 0.4) is 0 Å². The number of carbonyl (C=O) groups is 1. The van der Waals surface area contributed by atoms with Crippen LogP contribution in [-0.4, -0.2) is 10.2 Å². The van der Waals surface area contributed by atoms with Gasteiger partial charge in [-0.1, -0.05) is 44.4 Å². The Bertz CT molecular complexity index is 586. The van der Waals surface area contributed by atoms with Gasteiger partial charge in [0.25, 0.3) is 0 Å². The highest BCUT2D eigenvalue weighted by molar-refractivity contribution is 8.28. The molecule has 98 valence electrons. The Morgan fingerprint density at radius 1 is 1.16 bits per heavy atom. The molecule has 0 radical (unpaired) electrons. The fraction of sp³-hybridized carbons (Fsp3) is 0.375. The van der Waals surface area contributed by atoms with Gasteiger partial charge in [0.05, 0.1) is 5.69 Å². The van der Waals surface area contributed by atoms with E-state index in [4.69, 9.17) is 0 Å². The number of nitrogens with zero attached hydrogens (tertiary/aromatic N) is 1. The number of thioether (sulfide) groups is 1. The molecule has 0 bridgehead atoms. The van der Waals surface area contributed by atoms with E-state index in [1.165, 1.54) is 31.0 Å². The van der Waals surface area contributed by atoms with Crippen molar-refractivity contribution in [3.63, 3.8) is 0 Å². The van der Waals surface area contributed by atoms with Crippen LogP contribution in [0.15, 0.2) is 34.8 Å². The first-order valence-electron chi connectivity index (χ1n) is 6.95. The highest BCUT2D eigenvalue weighted by Gasteiger charge is 2.34. The number of hydrogen-bond donors (Lipinski definition) is 0. The molecule has 3 rings (SSSR count). The SMILES string of the molecule is CCCCCCC1=C2C(=Nc3ccccc32)SC1=O. The summed E-state index contributed by atoms with van der Waals surface area (Å²) in [5, 5.41) is 1.12. The maximum absolute atomic E-state index is 12.1. The molecule has 0 fully saturated rings. The van der Waals surface area contributed by atoms with Crippen molar-refractivity contribution in [2.24, 2.45) is 4.99 Å². The van der Waals surface area contributed by atoms with E-state index in [0.29, 0.717) is 0 Å². The quantitative estimate of drug-likeness (QED) is 0.725. The predicted molar refractivity (Wildman–Crippen MR) is 81.8 cm³/mol. The molecule has 3 heteroatoms. The Labute approximate surface area is 118 Å². The second-order valence-corrected chi connectivity index (χ2v) is 5.95. The van der Waals surface area contributed by atoms with Crippen molar-refractivity contribution in [3.05, 3.63) is 35.4 Å². The van der Waals surface area contributed by atoms with E-state index < -0.39 is 0 Å². The van der Waals surface area contributed by atoms with Crippen molar-refractivity contribution in [1.29, 1.82) is 0 Å². The summed E-state index contributed by atoms with van der Waals surface area (Å²) in [6.07, 6.45) is 5.69. The summed E-state index contributed by atoms with van der Waals surface area (Å²) in [6, 6.07) is 8.12. The largest absolute Gasteiger partial charge is 0.281 e. The van der Waals surface area contributed by atoms with Gasteiger partial charge in [-0.05, 0) is 30.7 Å². The normalized spacial score (nSPS) is 16.7. The van der Waals surface area contributed by atoms with Crippen LogP contribution in [-0.2, 0) is 4.79 Å². The monoisotopic (exact) mass is 271 g/mol. The average molecular weight is 271 g/mol. The highest BCUT2D eigenvalue weighted by atomic mass is 32.2. The summed E-state index contributed by atoms with van der Waals surface area (Å²) < 4.78 is 0. The molecule has 2 aliphatic heterocycles. The lowest BCUT2D eigenvalue weighted by molar-refractivity contribution is -0.107. The zero-order valence-electron chi connectivity index (χ0n) is 11.1. The van der Waals surface area contributed by atoms with Crippen molar-refractivity contribution >= 4 is 33.2 Å². The van der Waals surface area contributed by atoms with Gasteiger partial charge in [-0.25, -0.2) is 4.99 Å². The molecule has 0 unspecified atom stereocenters. The molecule has 0 saturated heterocycles. The zero-order chi connectivity index (χ0) is 13.2. The summed E-state index contributed by atoms with van der Waals surface area (Å²) in [5.41, 5.74) is 4.26. The van der Waals surface area contributed by atoms with Gasteiger partial charge in [0, 0.05) is 16.7 Å². The van der Waals surface area contributed by atoms with Gasteiger partial charge >= 0.3 is 0 Å². The maximum atomic E-state index is 12.1. The number of carbonyl (C=O) groups excluding carboxylic acids is 1. The highest BCUT2D eigenvalue weighted by Crippen LogP contribution is 2.46. The Balaban J connectivity index is 1.87. The molecule has 0 aliphatic carbocycles. The molecule has 2 nitrogen and oxygen atoms in total. The minimum atomic E-state index is 0.208. The Morgan fingerprint density at radius 3 is 2.84 bits per heavy atom. The van der Waals surface area contributed by atoms with Gasteiger partial charge in [0.2, 0.25) is 5.12 Å². The fourth-order valence-electron chi connectivity index (χ4n) is 2.64. The molecule has 0 amide bonds. The number of benzene rings is 1. The van der Waals surface area contributed by atoms with Crippen molar-refractivity contribution < 1.29 is 4.79 Å². The fourth-order valence-corrected chi connectivity index (χ4v) is 3.62. The number of unbranched alkanes of at least 4 members (excludes halogenated alkanes) is 3. The smallest absolute Gasteiger partial charge is 0.222 e. The molecule has 0 atom stereocenters. The summed E-state index contributed by atoms with van der Waals surface area (Å²) in [7, 11) is 0. The Kier molecular flexibility index (Phi) is 3.56. The first-order valence-corrected chi connectivity index (χ1v) is 7.76. The third kappa shape index (κ3) is 2.27. The minimum absolute atomic E-state index is 0.208. The molecular formula is C16H17NOS. The summed E-state index contributed by atoms with van der Waals surface area (Å²) in [6.45, 7) is 2.20. The number of aliphatic imine (C=N–C) groups is 1. The van der Waals surface area contributed by atoms with Gasteiger partial charge < -0.3 is 0 Å². The van der Waals surface area contributed by atoms with Gasteiger partial charge in [0.15, 0.2) is 0 Å². The lowest BCUT2D eigenvalue weighted by Crippen LogP contribution is -1.94. The first-order chi connectivity index (χ1) is 9.31. The Hall–Kier alpha value is -1.35. The molecule has 1 aromatic rings. The standard InChI is InChI=1S/C16H17NOS/c1-2-3-4-5-9-12-14-11-8-6-7-10-13(11)17-15(14)19-16(12)18/h6-8,10H,2-5,9H2,1H3. The van der Waals surface area contributed by atoms with Gasteiger partial charge in [-0.15, -0.1) is 0 Å². The topological polar surface area (TPSA) is 29.4 Å². The summed E-state index contributed by atoms with van der Waals surface area (Å²) >= 11 is 1.30. The molecule has 0 aromatic heterocycles. The number of fused-ring (bicyclic) bond motifs is 3. The van der Waals surface area contributed by atoms with E-state index in [-0.39, 0.29) is 5.12 Å². The first kappa shape index (κ1) is 12.7. The molecule has 2 heterocycles. The van der Waals surface area contributed by atoms with E-state index in [0.717, 1.165) is 40.3 Å². The average Bonchev–Trinajstić information content (AvgIpc) is 2.90. The second kappa shape index (κ2) is 5.33. The van der Waals surface area contributed by atoms with E-state index in [9.17, 15) is 4.79 Å². The van der Waals surface area contributed by atoms with Crippen LogP contribution in [0.2, 0.25) is 0 Å². The maximum Gasteiger partial charge on any atom is 0.222 e. The number of hydrogen-bond acceptors (Lipinski definition) is 3. The van der Waals surface area contributed by atoms with E-state index in [2.05, 4.69) is 18.0 Å². The third-order valence-electron chi connectivity index (χ3n) is 3.63. The number of para-hydroxylation sites is 1. The van der Waals surface area contributed by atoms with Crippen molar-refractivity contribution in [1.82, 2.24) is 0 Å². The van der Waals surface area contributed by atoms with E-state index in [1.807, 2.05) is 18.2 Å². The molecule has 1 aromatic carbocycles. The van der Waals surface area contributed by atoms with Crippen LogP contribution in [0.4, 0.5) is 5.69 Å². The van der Waals surface area contributed by atoms with Crippen LogP contribution >= 0.6 is 11.8 Å². The summed E-state index contributed by atoms with van der Waals surface area (Å²) in [5.74, 6) is 0. The molecule has 0 N–H and O–H groups in total. The van der Waals surface area contributed by atoms with E-state index >= 15 is 0 Å².